The standard InChI is InChI=1S/C33H36BrF2N5O2/c1-3-7-23-14-17-40(18-15-23)28-20-26(34)12-13-27(28)31(42)37-29-21-30(43-2)39-32(38-29)41-19-16-33(35,36)25(22-41)11-10-24-8-5-4-6-9-24/h3-6,8-13,20-21,23,25H,1,7,14-19,22H2,2H3,(H,37,38,39,42)/b11-10+. The quantitative estimate of drug-likeness (QED) is 0.242. The van der Waals surface area contributed by atoms with Crippen molar-refractivity contribution in [1.82, 2.24) is 9.97 Å². The van der Waals surface area contributed by atoms with Crippen LogP contribution in [0, 0.1) is 11.8 Å². The van der Waals surface area contributed by atoms with Gasteiger partial charge in [-0.15, -0.1) is 6.58 Å². The van der Waals surface area contributed by atoms with Crippen molar-refractivity contribution in [2.75, 3.05) is 48.4 Å². The minimum atomic E-state index is -2.87. The van der Waals surface area contributed by atoms with Gasteiger partial charge in [-0.1, -0.05) is 64.5 Å². The number of piperidine rings is 2. The third-order valence-electron chi connectivity index (χ3n) is 8.08. The highest BCUT2D eigenvalue weighted by Gasteiger charge is 2.43. The van der Waals surface area contributed by atoms with Gasteiger partial charge < -0.3 is 19.9 Å². The van der Waals surface area contributed by atoms with Crippen molar-refractivity contribution >= 4 is 45.4 Å². The number of amides is 1. The Morgan fingerprint density at radius 2 is 1.88 bits per heavy atom. The molecule has 10 heteroatoms. The zero-order chi connectivity index (χ0) is 30.4. The zero-order valence-corrected chi connectivity index (χ0v) is 25.8. The van der Waals surface area contributed by atoms with Crippen molar-refractivity contribution in [2.24, 2.45) is 11.8 Å². The first-order valence-corrected chi connectivity index (χ1v) is 15.3. The van der Waals surface area contributed by atoms with Crippen molar-refractivity contribution in [3.8, 4) is 5.88 Å². The summed E-state index contributed by atoms with van der Waals surface area (Å²) in [5.41, 5.74) is 2.22. The zero-order valence-electron chi connectivity index (χ0n) is 24.2. The van der Waals surface area contributed by atoms with Crippen LogP contribution < -0.4 is 19.9 Å². The number of halogens is 3. The van der Waals surface area contributed by atoms with Crippen LogP contribution in [-0.2, 0) is 0 Å². The average Bonchev–Trinajstić information content (AvgIpc) is 3.01. The normalized spacial score (nSPS) is 18.9. The molecule has 2 aliphatic heterocycles. The Bertz CT molecular complexity index is 1460. The molecule has 0 radical (unpaired) electrons. The van der Waals surface area contributed by atoms with Crippen molar-refractivity contribution in [1.29, 1.82) is 0 Å². The second-order valence-corrected chi connectivity index (χ2v) is 11.9. The van der Waals surface area contributed by atoms with Gasteiger partial charge in [-0.3, -0.25) is 4.79 Å². The molecule has 2 fully saturated rings. The maximum absolute atomic E-state index is 14.9. The molecule has 1 atom stereocenters. The number of methoxy groups -OCH3 is 1. The van der Waals surface area contributed by atoms with E-state index in [1.165, 1.54) is 13.2 Å². The summed E-state index contributed by atoms with van der Waals surface area (Å²) in [6.45, 7) is 5.66. The van der Waals surface area contributed by atoms with Gasteiger partial charge in [0.25, 0.3) is 11.8 Å². The SMILES string of the molecule is C=CCC1CCN(c2cc(Br)ccc2C(=O)Nc2cc(OC)nc(N3CCC(F)(F)C(/C=C/c4ccccc4)C3)n2)CC1. The molecule has 1 unspecified atom stereocenters. The third kappa shape index (κ3) is 7.60. The number of ether oxygens (including phenoxy) is 1. The smallest absolute Gasteiger partial charge is 0.258 e. The number of hydrogen-bond donors (Lipinski definition) is 1. The first kappa shape index (κ1) is 30.7. The lowest BCUT2D eigenvalue weighted by atomic mass is 9.92. The number of nitrogens with zero attached hydrogens (tertiary/aromatic N) is 4. The van der Waals surface area contributed by atoms with Gasteiger partial charge in [-0.2, -0.15) is 9.97 Å². The fraction of sp³-hybridized carbons (Fsp3) is 0.364. The molecule has 7 nitrogen and oxygen atoms in total. The molecule has 2 saturated heterocycles. The van der Waals surface area contributed by atoms with Crippen LogP contribution in [0.3, 0.4) is 0 Å². The van der Waals surface area contributed by atoms with E-state index in [4.69, 9.17) is 4.74 Å². The van der Waals surface area contributed by atoms with Crippen LogP contribution in [0.1, 0.15) is 41.6 Å². The van der Waals surface area contributed by atoms with Crippen LogP contribution in [0.4, 0.5) is 26.2 Å². The number of benzene rings is 2. The fourth-order valence-corrected chi connectivity index (χ4v) is 5.97. The molecule has 2 aliphatic rings. The molecule has 0 saturated carbocycles. The van der Waals surface area contributed by atoms with E-state index in [0.717, 1.165) is 48.1 Å². The molecule has 226 valence electrons. The van der Waals surface area contributed by atoms with E-state index < -0.39 is 11.8 Å². The first-order valence-electron chi connectivity index (χ1n) is 14.5. The molecule has 0 aliphatic carbocycles. The Morgan fingerprint density at radius 3 is 2.60 bits per heavy atom. The summed E-state index contributed by atoms with van der Waals surface area (Å²) >= 11 is 3.55. The predicted octanol–water partition coefficient (Wildman–Crippen LogP) is 7.47. The predicted molar refractivity (Wildman–Crippen MR) is 171 cm³/mol. The molecule has 5 rings (SSSR count). The van der Waals surface area contributed by atoms with Gasteiger partial charge in [-0.25, -0.2) is 8.78 Å². The van der Waals surface area contributed by atoms with Gasteiger partial charge in [0.15, 0.2) is 0 Å². The number of rotatable bonds is 9. The summed E-state index contributed by atoms with van der Waals surface area (Å²) in [6, 6.07) is 16.5. The van der Waals surface area contributed by atoms with Crippen LogP contribution in [0.15, 0.2) is 77.8 Å². The molecule has 1 aromatic heterocycles. The van der Waals surface area contributed by atoms with E-state index in [1.807, 2.05) is 48.5 Å². The van der Waals surface area contributed by atoms with Crippen molar-refractivity contribution in [3.05, 3.63) is 88.9 Å². The molecule has 1 amide bonds. The number of anilines is 3. The van der Waals surface area contributed by atoms with Crippen molar-refractivity contribution < 1.29 is 18.3 Å². The van der Waals surface area contributed by atoms with E-state index in [-0.39, 0.29) is 43.1 Å². The van der Waals surface area contributed by atoms with Gasteiger partial charge in [-0.05, 0) is 48.9 Å². The summed E-state index contributed by atoms with van der Waals surface area (Å²) in [5, 5.41) is 2.90. The second kappa shape index (κ2) is 13.7. The molecule has 2 aromatic carbocycles. The lowest BCUT2D eigenvalue weighted by molar-refractivity contribution is -0.0544. The minimum absolute atomic E-state index is 0.0234. The molecule has 3 aromatic rings. The fourth-order valence-electron chi connectivity index (χ4n) is 5.62. The van der Waals surface area contributed by atoms with Crippen LogP contribution in [0.2, 0.25) is 0 Å². The number of nitrogens with one attached hydrogen (secondary N) is 1. The number of carbonyl (C=O) groups is 1. The van der Waals surface area contributed by atoms with Gasteiger partial charge in [0.2, 0.25) is 11.8 Å². The number of allylic oxidation sites excluding steroid dienone is 1. The second-order valence-electron chi connectivity index (χ2n) is 11.0. The van der Waals surface area contributed by atoms with Gasteiger partial charge in [0.1, 0.15) is 5.82 Å². The summed E-state index contributed by atoms with van der Waals surface area (Å²) in [6.07, 6.45) is 7.96. The summed E-state index contributed by atoms with van der Waals surface area (Å²) in [7, 11) is 1.47. The van der Waals surface area contributed by atoms with Gasteiger partial charge >= 0.3 is 0 Å². The largest absolute Gasteiger partial charge is 0.481 e. The minimum Gasteiger partial charge on any atom is -0.481 e. The van der Waals surface area contributed by atoms with Crippen LogP contribution in [0.25, 0.3) is 6.08 Å². The highest BCUT2D eigenvalue weighted by molar-refractivity contribution is 9.10. The number of hydrogen-bond acceptors (Lipinski definition) is 6. The van der Waals surface area contributed by atoms with Crippen molar-refractivity contribution in [3.63, 3.8) is 0 Å². The molecule has 3 heterocycles. The maximum atomic E-state index is 14.9. The number of carbonyl (C=O) groups excluding carboxylic acids is 1. The molecular formula is C33H36BrF2N5O2. The molecule has 1 N–H and O–H groups in total. The van der Waals surface area contributed by atoms with E-state index in [9.17, 15) is 13.6 Å². The number of aromatic nitrogens is 2. The highest BCUT2D eigenvalue weighted by Crippen LogP contribution is 2.37. The Hall–Kier alpha value is -3.79. The van der Waals surface area contributed by atoms with E-state index in [2.05, 4.69) is 42.7 Å². The molecule has 43 heavy (non-hydrogen) atoms. The molecular weight excluding hydrogens is 616 g/mol. The summed E-state index contributed by atoms with van der Waals surface area (Å²) < 4.78 is 36.1. The Labute approximate surface area is 259 Å². The Morgan fingerprint density at radius 1 is 1.12 bits per heavy atom. The average molecular weight is 653 g/mol. The maximum Gasteiger partial charge on any atom is 0.258 e. The summed E-state index contributed by atoms with van der Waals surface area (Å²) in [4.78, 5) is 26.6. The van der Waals surface area contributed by atoms with Crippen LogP contribution in [-0.4, -0.2) is 55.1 Å². The molecule has 0 spiro atoms. The highest BCUT2D eigenvalue weighted by atomic mass is 79.9. The topological polar surface area (TPSA) is 70.6 Å². The van der Waals surface area contributed by atoms with Gasteiger partial charge in [0, 0.05) is 43.1 Å². The monoisotopic (exact) mass is 651 g/mol. The van der Waals surface area contributed by atoms with Gasteiger partial charge in [0.05, 0.1) is 24.3 Å². The van der Waals surface area contributed by atoms with E-state index in [0.29, 0.717) is 11.5 Å². The van der Waals surface area contributed by atoms with E-state index in [1.54, 1.807) is 23.1 Å². The first-order chi connectivity index (χ1) is 20.8. The summed E-state index contributed by atoms with van der Waals surface area (Å²) in [5.74, 6) is -2.92. The Balaban J connectivity index is 1.35. The van der Waals surface area contributed by atoms with Crippen LogP contribution >= 0.6 is 15.9 Å². The third-order valence-corrected chi connectivity index (χ3v) is 8.57. The van der Waals surface area contributed by atoms with Crippen LogP contribution in [0.5, 0.6) is 5.88 Å². The Kier molecular flexibility index (Phi) is 9.75. The van der Waals surface area contributed by atoms with E-state index >= 15 is 0 Å². The lowest BCUT2D eigenvalue weighted by Gasteiger charge is -2.37. The van der Waals surface area contributed by atoms with Crippen molar-refractivity contribution in [2.45, 2.75) is 31.6 Å². The lowest BCUT2D eigenvalue weighted by Crippen LogP contribution is -2.47. The number of alkyl halides is 2. The molecule has 0 bridgehead atoms.